The van der Waals surface area contributed by atoms with Crippen LogP contribution < -0.4 is 0 Å². The maximum atomic E-state index is 12.8. The van der Waals surface area contributed by atoms with Crippen molar-refractivity contribution in [1.29, 1.82) is 0 Å². The van der Waals surface area contributed by atoms with E-state index in [0.29, 0.717) is 5.56 Å². The fourth-order valence-corrected chi connectivity index (χ4v) is 1.80. The summed E-state index contributed by atoms with van der Waals surface area (Å²) in [7, 11) is 1.23. The first-order valence-electron chi connectivity index (χ1n) is 5.63. The third-order valence-electron chi connectivity index (χ3n) is 2.70. The number of carbonyl (C=O) groups is 2. The van der Waals surface area contributed by atoms with E-state index >= 15 is 0 Å². The summed E-state index contributed by atoms with van der Waals surface area (Å²) in [4.78, 5) is 21.8. The predicted octanol–water partition coefficient (Wildman–Crippen LogP) is 2.36. The number of hydrogen-bond acceptors (Lipinski definition) is 3. The van der Waals surface area contributed by atoms with Gasteiger partial charge in [-0.05, 0) is 17.5 Å². The highest BCUT2D eigenvalue weighted by Gasteiger charge is 2.18. The summed E-state index contributed by atoms with van der Waals surface area (Å²) in [5, 5.41) is 8.78. The number of esters is 1. The largest absolute Gasteiger partial charge is 0.481 e. The van der Waals surface area contributed by atoms with Gasteiger partial charge in [0.1, 0.15) is 0 Å². The van der Waals surface area contributed by atoms with Crippen LogP contribution in [0, 0.1) is 0 Å². The van der Waals surface area contributed by atoms with Crippen LogP contribution in [-0.4, -0.2) is 24.2 Å². The van der Waals surface area contributed by atoms with Gasteiger partial charge in [-0.1, -0.05) is 18.2 Å². The molecule has 0 atom stereocenters. The molecule has 1 rings (SSSR count). The SMILES string of the molecule is COC(=O)CCc1cccc(C(F)F)c1CC(=O)O. The number of carboxylic acid groups (broad SMARTS) is 1. The molecule has 1 aromatic rings. The van der Waals surface area contributed by atoms with Crippen LogP contribution in [0.5, 0.6) is 0 Å². The summed E-state index contributed by atoms with van der Waals surface area (Å²) >= 11 is 0. The fourth-order valence-electron chi connectivity index (χ4n) is 1.80. The van der Waals surface area contributed by atoms with E-state index in [1.165, 1.54) is 19.2 Å². The molecule has 0 heterocycles. The lowest BCUT2D eigenvalue weighted by atomic mass is 9.95. The molecule has 4 nitrogen and oxygen atoms in total. The molecule has 0 bridgehead atoms. The maximum Gasteiger partial charge on any atom is 0.307 e. The highest BCUT2D eigenvalue weighted by atomic mass is 19.3. The molecule has 0 fully saturated rings. The second-order valence-electron chi connectivity index (χ2n) is 3.93. The van der Waals surface area contributed by atoms with Crippen molar-refractivity contribution in [2.75, 3.05) is 7.11 Å². The van der Waals surface area contributed by atoms with E-state index in [-0.39, 0.29) is 24.0 Å². The molecule has 0 saturated heterocycles. The third-order valence-corrected chi connectivity index (χ3v) is 2.70. The average Bonchev–Trinajstić information content (AvgIpc) is 2.35. The number of aliphatic carboxylic acids is 1. The first-order chi connectivity index (χ1) is 8.95. The Morgan fingerprint density at radius 1 is 1.37 bits per heavy atom. The smallest absolute Gasteiger partial charge is 0.307 e. The molecule has 0 radical (unpaired) electrons. The Balaban J connectivity index is 3.04. The van der Waals surface area contributed by atoms with Crippen molar-refractivity contribution in [2.24, 2.45) is 0 Å². The lowest BCUT2D eigenvalue weighted by Gasteiger charge is -2.12. The van der Waals surface area contributed by atoms with Crippen molar-refractivity contribution in [2.45, 2.75) is 25.7 Å². The normalized spacial score (nSPS) is 10.5. The fraction of sp³-hybridized carbons (Fsp3) is 0.385. The topological polar surface area (TPSA) is 63.6 Å². The molecule has 19 heavy (non-hydrogen) atoms. The number of aryl methyl sites for hydroxylation is 1. The zero-order valence-electron chi connectivity index (χ0n) is 10.4. The number of methoxy groups -OCH3 is 1. The molecule has 0 aliphatic heterocycles. The molecule has 1 N–H and O–H groups in total. The van der Waals surface area contributed by atoms with Gasteiger partial charge in [-0.25, -0.2) is 8.78 Å². The Morgan fingerprint density at radius 2 is 2.05 bits per heavy atom. The van der Waals surface area contributed by atoms with Crippen LogP contribution in [-0.2, 0) is 27.2 Å². The van der Waals surface area contributed by atoms with E-state index in [4.69, 9.17) is 5.11 Å². The Kier molecular flexibility index (Phi) is 5.41. The molecule has 104 valence electrons. The molecule has 0 aliphatic carbocycles. The van der Waals surface area contributed by atoms with Gasteiger partial charge in [-0.15, -0.1) is 0 Å². The second kappa shape index (κ2) is 6.82. The van der Waals surface area contributed by atoms with Crippen molar-refractivity contribution in [3.8, 4) is 0 Å². The molecule has 0 unspecified atom stereocenters. The Morgan fingerprint density at radius 3 is 2.58 bits per heavy atom. The number of hydrogen-bond donors (Lipinski definition) is 1. The van der Waals surface area contributed by atoms with E-state index in [1.54, 1.807) is 6.07 Å². The van der Waals surface area contributed by atoms with Crippen LogP contribution in [0.25, 0.3) is 0 Å². The summed E-state index contributed by atoms with van der Waals surface area (Å²) < 4.78 is 30.1. The monoisotopic (exact) mass is 272 g/mol. The Labute approximate surface area is 109 Å². The molecule has 0 aliphatic rings. The minimum Gasteiger partial charge on any atom is -0.481 e. The van der Waals surface area contributed by atoms with Crippen molar-refractivity contribution in [1.82, 2.24) is 0 Å². The van der Waals surface area contributed by atoms with E-state index in [9.17, 15) is 18.4 Å². The van der Waals surface area contributed by atoms with Gasteiger partial charge in [0.05, 0.1) is 13.5 Å². The van der Waals surface area contributed by atoms with E-state index in [1.807, 2.05) is 0 Å². The molecule has 0 saturated carbocycles. The first-order valence-corrected chi connectivity index (χ1v) is 5.63. The molecule has 0 amide bonds. The van der Waals surface area contributed by atoms with Gasteiger partial charge < -0.3 is 9.84 Å². The predicted molar refractivity (Wildman–Crippen MR) is 63.1 cm³/mol. The van der Waals surface area contributed by atoms with Crippen molar-refractivity contribution >= 4 is 11.9 Å². The van der Waals surface area contributed by atoms with E-state index < -0.39 is 24.8 Å². The molecular formula is C13H14F2O4. The number of carbonyl (C=O) groups excluding carboxylic acids is 1. The second-order valence-corrected chi connectivity index (χ2v) is 3.93. The molecule has 6 heteroatoms. The van der Waals surface area contributed by atoms with Gasteiger partial charge in [0.15, 0.2) is 0 Å². The zero-order valence-corrected chi connectivity index (χ0v) is 10.4. The van der Waals surface area contributed by atoms with E-state index in [2.05, 4.69) is 4.74 Å². The number of benzene rings is 1. The van der Waals surface area contributed by atoms with Crippen molar-refractivity contribution in [3.05, 3.63) is 34.9 Å². The van der Waals surface area contributed by atoms with Gasteiger partial charge in [0.2, 0.25) is 0 Å². The molecular weight excluding hydrogens is 258 g/mol. The minimum atomic E-state index is -2.74. The summed E-state index contributed by atoms with van der Waals surface area (Å²) in [6.45, 7) is 0. The van der Waals surface area contributed by atoms with Crippen molar-refractivity contribution < 1.29 is 28.2 Å². The molecule has 0 spiro atoms. The Bertz CT molecular complexity index is 472. The number of ether oxygens (including phenoxy) is 1. The first kappa shape index (κ1) is 15.1. The van der Waals surface area contributed by atoms with Crippen LogP contribution >= 0.6 is 0 Å². The summed E-state index contributed by atoms with van der Waals surface area (Å²) in [5.41, 5.74) is 0.212. The Hall–Kier alpha value is -1.98. The maximum absolute atomic E-state index is 12.8. The van der Waals surface area contributed by atoms with Gasteiger partial charge >= 0.3 is 11.9 Å². The number of alkyl halides is 2. The summed E-state index contributed by atoms with van der Waals surface area (Å²) in [6.07, 6.45) is -3.03. The highest BCUT2D eigenvalue weighted by Crippen LogP contribution is 2.26. The standard InChI is InChI=1S/C13H14F2O4/c1-19-12(18)6-5-8-3-2-4-9(13(14)15)10(8)7-11(16)17/h2-4,13H,5-7H2,1H3,(H,16,17). The van der Waals surface area contributed by atoms with Gasteiger partial charge in [0.25, 0.3) is 6.43 Å². The average molecular weight is 272 g/mol. The molecule has 0 aromatic heterocycles. The van der Waals surface area contributed by atoms with Crippen LogP contribution in [0.1, 0.15) is 29.5 Å². The molecule has 1 aromatic carbocycles. The minimum absolute atomic E-state index is 0.0236. The number of carboxylic acids is 1. The van der Waals surface area contributed by atoms with Gasteiger partial charge in [-0.2, -0.15) is 0 Å². The number of halogens is 2. The van der Waals surface area contributed by atoms with Crippen LogP contribution in [0.4, 0.5) is 8.78 Å². The summed E-state index contributed by atoms with van der Waals surface area (Å²) in [6, 6.07) is 4.18. The van der Waals surface area contributed by atoms with Gasteiger partial charge in [0, 0.05) is 12.0 Å². The van der Waals surface area contributed by atoms with Crippen LogP contribution in [0.3, 0.4) is 0 Å². The van der Waals surface area contributed by atoms with Crippen LogP contribution in [0.2, 0.25) is 0 Å². The van der Waals surface area contributed by atoms with Crippen molar-refractivity contribution in [3.63, 3.8) is 0 Å². The summed E-state index contributed by atoms with van der Waals surface area (Å²) in [5.74, 6) is -1.66. The van der Waals surface area contributed by atoms with Crippen LogP contribution in [0.15, 0.2) is 18.2 Å². The van der Waals surface area contributed by atoms with Gasteiger partial charge in [-0.3, -0.25) is 9.59 Å². The lowest BCUT2D eigenvalue weighted by molar-refractivity contribution is -0.140. The highest BCUT2D eigenvalue weighted by molar-refractivity contribution is 5.72. The number of rotatable bonds is 6. The lowest BCUT2D eigenvalue weighted by Crippen LogP contribution is -2.10. The van der Waals surface area contributed by atoms with E-state index in [0.717, 1.165) is 0 Å². The third kappa shape index (κ3) is 4.31. The quantitative estimate of drug-likeness (QED) is 0.807. The zero-order chi connectivity index (χ0) is 14.4.